The molecular weight excluding hydrogens is 194 g/mol. The Labute approximate surface area is 86.6 Å². The predicted molar refractivity (Wildman–Crippen MR) is 57.0 cm³/mol. The zero-order valence-corrected chi connectivity index (χ0v) is 8.50. The molecule has 4 heteroatoms. The van der Waals surface area contributed by atoms with Gasteiger partial charge in [0.15, 0.2) is 0 Å². The number of rotatable bonds is 3. The van der Waals surface area contributed by atoms with E-state index in [9.17, 15) is 0 Å². The Kier molecular flexibility index (Phi) is 2.86. The molecule has 0 spiro atoms. The van der Waals surface area contributed by atoms with Gasteiger partial charge in [-0.15, -0.1) is 11.3 Å². The lowest BCUT2D eigenvalue weighted by atomic mass is 10.3. The fourth-order valence-corrected chi connectivity index (χ4v) is 2.00. The summed E-state index contributed by atoms with van der Waals surface area (Å²) in [7, 11) is 0. The molecule has 0 atom stereocenters. The molecule has 0 fully saturated rings. The van der Waals surface area contributed by atoms with Crippen molar-refractivity contribution >= 4 is 11.3 Å². The van der Waals surface area contributed by atoms with E-state index in [1.54, 1.807) is 17.5 Å². The Morgan fingerprint density at radius 1 is 1.29 bits per heavy atom. The second-order valence-corrected chi connectivity index (χ2v) is 4.12. The van der Waals surface area contributed by atoms with Crippen LogP contribution >= 0.6 is 11.3 Å². The summed E-state index contributed by atoms with van der Waals surface area (Å²) in [5.41, 5.74) is 6.56. The van der Waals surface area contributed by atoms with Crippen LogP contribution in [0, 0.1) is 0 Å². The molecule has 0 aliphatic heterocycles. The molecule has 0 radical (unpaired) electrons. The van der Waals surface area contributed by atoms with Crippen molar-refractivity contribution in [2.24, 2.45) is 5.73 Å². The fraction of sp³-hybridized carbons (Fsp3) is 0.200. The summed E-state index contributed by atoms with van der Waals surface area (Å²) in [5.74, 6) is 0. The molecule has 2 heterocycles. The van der Waals surface area contributed by atoms with Crippen molar-refractivity contribution in [3.8, 4) is 0 Å². The molecule has 2 aromatic rings. The minimum absolute atomic E-state index is 0.569. The Hall–Kier alpha value is -1.26. The maximum Gasteiger partial charge on any atom is 0.0987 e. The summed E-state index contributed by atoms with van der Waals surface area (Å²) >= 11 is 1.65. The zero-order chi connectivity index (χ0) is 9.80. The lowest BCUT2D eigenvalue weighted by molar-refractivity contribution is 1.04. The first-order valence-corrected chi connectivity index (χ1v) is 5.23. The topological polar surface area (TPSA) is 51.8 Å². The van der Waals surface area contributed by atoms with Crippen molar-refractivity contribution in [1.29, 1.82) is 0 Å². The first-order valence-electron chi connectivity index (χ1n) is 4.42. The lowest BCUT2D eigenvalue weighted by Crippen LogP contribution is -1.91. The largest absolute Gasteiger partial charge is 0.326 e. The first-order chi connectivity index (χ1) is 6.88. The third-order valence-corrected chi connectivity index (χ3v) is 2.88. The van der Waals surface area contributed by atoms with E-state index in [2.05, 4.69) is 9.97 Å². The standard InChI is InChI=1S/C10H11N3S/c11-6-9-7-13-10(14-9)5-8-3-1-2-4-12-8/h1-4,7H,5-6,11H2. The number of hydrogen-bond acceptors (Lipinski definition) is 4. The van der Waals surface area contributed by atoms with Crippen LogP contribution in [0.1, 0.15) is 15.6 Å². The van der Waals surface area contributed by atoms with Gasteiger partial charge in [-0.3, -0.25) is 4.98 Å². The van der Waals surface area contributed by atoms with E-state index < -0.39 is 0 Å². The number of aromatic nitrogens is 2. The average Bonchev–Trinajstić information content (AvgIpc) is 2.67. The van der Waals surface area contributed by atoms with E-state index in [1.165, 1.54) is 0 Å². The van der Waals surface area contributed by atoms with Gasteiger partial charge in [-0.25, -0.2) is 4.98 Å². The van der Waals surface area contributed by atoms with Crippen molar-refractivity contribution in [3.63, 3.8) is 0 Å². The normalized spacial score (nSPS) is 10.4. The zero-order valence-electron chi connectivity index (χ0n) is 7.68. The van der Waals surface area contributed by atoms with Gasteiger partial charge in [0.1, 0.15) is 0 Å². The van der Waals surface area contributed by atoms with E-state index in [0.717, 1.165) is 22.0 Å². The van der Waals surface area contributed by atoms with Gasteiger partial charge in [0.25, 0.3) is 0 Å². The molecule has 2 rings (SSSR count). The van der Waals surface area contributed by atoms with Crippen LogP contribution in [-0.2, 0) is 13.0 Å². The molecule has 0 bridgehead atoms. The minimum atomic E-state index is 0.569. The Morgan fingerprint density at radius 2 is 2.21 bits per heavy atom. The molecule has 0 amide bonds. The maximum atomic E-state index is 5.51. The highest BCUT2D eigenvalue weighted by molar-refractivity contribution is 7.11. The quantitative estimate of drug-likeness (QED) is 0.827. The fourth-order valence-electron chi connectivity index (χ4n) is 1.18. The molecular formula is C10H11N3S. The molecule has 2 N–H and O–H groups in total. The molecule has 0 saturated heterocycles. The van der Waals surface area contributed by atoms with E-state index in [0.29, 0.717) is 6.54 Å². The van der Waals surface area contributed by atoms with Crippen molar-refractivity contribution < 1.29 is 0 Å². The predicted octanol–water partition coefficient (Wildman–Crippen LogP) is 1.59. The molecule has 3 nitrogen and oxygen atoms in total. The summed E-state index contributed by atoms with van der Waals surface area (Å²) in [6.45, 7) is 0.569. The third kappa shape index (κ3) is 2.16. The monoisotopic (exact) mass is 205 g/mol. The van der Waals surface area contributed by atoms with Crippen molar-refractivity contribution in [1.82, 2.24) is 9.97 Å². The Bertz CT molecular complexity index is 397. The van der Waals surface area contributed by atoms with Gasteiger partial charge in [0.2, 0.25) is 0 Å². The number of pyridine rings is 1. The number of thiazole rings is 1. The van der Waals surface area contributed by atoms with Crippen molar-refractivity contribution in [3.05, 3.63) is 46.2 Å². The molecule has 0 saturated carbocycles. The van der Waals surface area contributed by atoms with Crippen LogP contribution in [0.5, 0.6) is 0 Å². The Balaban J connectivity index is 2.11. The highest BCUT2D eigenvalue weighted by Crippen LogP contribution is 2.14. The molecule has 14 heavy (non-hydrogen) atoms. The van der Waals surface area contributed by atoms with Crippen LogP contribution in [0.2, 0.25) is 0 Å². The summed E-state index contributed by atoms with van der Waals surface area (Å²) in [4.78, 5) is 9.65. The van der Waals surface area contributed by atoms with Crippen molar-refractivity contribution in [2.75, 3.05) is 0 Å². The smallest absolute Gasteiger partial charge is 0.0987 e. The number of nitrogens with zero attached hydrogens (tertiary/aromatic N) is 2. The molecule has 72 valence electrons. The maximum absolute atomic E-state index is 5.51. The highest BCUT2D eigenvalue weighted by atomic mass is 32.1. The number of hydrogen-bond donors (Lipinski definition) is 1. The molecule has 0 aromatic carbocycles. The second-order valence-electron chi connectivity index (χ2n) is 2.92. The summed E-state index contributed by atoms with van der Waals surface area (Å²) in [5, 5.41) is 1.07. The third-order valence-electron chi connectivity index (χ3n) is 1.86. The van der Waals surface area contributed by atoms with Gasteiger partial charge in [-0.2, -0.15) is 0 Å². The summed E-state index contributed by atoms with van der Waals surface area (Å²) in [6.07, 6.45) is 4.43. The van der Waals surface area contributed by atoms with Crippen LogP contribution in [0.25, 0.3) is 0 Å². The molecule has 0 aliphatic rings. The van der Waals surface area contributed by atoms with Gasteiger partial charge in [0.05, 0.1) is 5.01 Å². The van der Waals surface area contributed by atoms with Gasteiger partial charge in [-0.05, 0) is 12.1 Å². The molecule has 2 aromatic heterocycles. The van der Waals surface area contributed by atoms with E-state index in [1.807, 2.05) is 24.4 Å². The molecule has 0 aliphatic carbocycles. The van der Waals surface area contributed by atoms with E-state index in [4.69, 9.17) is 5.73 Å². The lowest BCUT2D eigenvalue weighted by Gasteiger charge is -1.94. The SMILES string of the molecule is NCc1cnc(Cc2ccccn2)s1. The first kappa shape index (κ1) is 9.30. The van der Waals surface area contributed by atoms with Crippen LogP contribution < -0.4 is 5.73 Å². The van der Waals surface area contributed by atoms with Gasteiger partial charge >= 0.3 is 0 Å². The summed E-state index contributed by atoms with van der Waals surface area (Å²) in [6, 6.07) is 5.90. The van der Waals surface area contributed by atoms with Gasteiger partial charge in [0, 0.05) is 35.9 Å². The minimum Gasteiger partial charge on any atom is -0.326 e. The van der Waals surface area contributed by atoms with Crippen molar-refractivity contribution in [2.45, 2.75) is 13.0 Å². The van der Waals surface area contributed by atoms with Crippen LogP contribution in [0.3, 0.4) is 0 Å². The van der Waals surface area contributed by atoms with Crippen LogP contribution in [0.15, 0.2) is 30.6 Å². The second kappa shape index (κ2) is 4.30. The highest BCUT2D eigenvalue weighted by Gasteiger charge is 2.02. The van der Waals surface area contributed by atoms with Gasteiger partial charge < -0.3 is 5.73 Å². The average molecular weight is 205 g/mol. The van der Waals surface area contributed by atoms with Gasteiger partial charge in [-0.1, -0.05) is 6.07 Å². The number of nitrogens with two attached hydrogens (primary N) is 1. The molecule has 0 unspecified atom stereocenters. The Morgan fingerprint density at radius 3 is 2.86 bits per heavy atom. The van der Waals surface area contributed by atoms with Crippen LogP contribution in [-0.4, -0.2) is 9.97 Å². The van der Waals surface area contributed by atoms with E-state index >= 15 is 0 Å². The van der Waals surface area contributed by atoms with Crippen LogP contribution in [0.4, 0.5) is 0 Å². The van der Waals surface area contributed by atoms with E-state index in [-0.39, 0.29) is 0 Å². The summed E-state index contributed by atoms with van der Waals surface area (Å²) < 4.78 is 0.